The monoisotopic (exact) mass is 429 g/mol. The standard InChI is InChI=1S/C22H21Cl2N3O2/c1-26(2)20-19(21(28)22(20)29)25-14-6-4-5-12(7-14)16-10-27(3)11-17-15(16)8-13(23)9-18(17)24/h4-9,16,25H,10-11H2,1-3H3/t16-/m0/s1. The van der Waals surface area contributed by atoms with Gasteiger partial charge < -0.3 is 15.1 Å². The van der Waals surface area contributed by atoms with E-state index in [1.54, 1.807) is 25.1 Å². The number of benzene rings is 2. The first kappa shape index (κ1) is 20.0. The number of nitrogens with one attached hydrogen (secondary N) is 1. The summed E-state index contributed by atoms with van der Waals surface area (Å²) in [5.41, 5.74) is 3.87. The van der Waals surface area contributed by atoms with Gasteiger partial charge in [0.15, 0.2) is 0 Å². The molecule has 3 aromatic rings. The fourth-order valence-electron chi connectivity index (χ4n) is 4.03. The zero-order chi connectivity index (χ0) is 20.9. The second-order valence-corrected chi connectivity index (χ2v) is 8.58. The smallest absolute Gasteiger partial charge is 0.253 e. The predicted molar refractivity (Wildman–Crippen MR) is 120 cm³/mol. The number of rotatable bonds is 4. The first-order valence-corrected chi connectivity index (χ1v) is 10.1. The molecule has 1 heterocycles. The van der Waals surface area contributed by atoms with E-state index in [9.17, 15) is 9.59 Å². The molecule has 150 valence electrons. The molecule has 1 aliphatic rings. The van der Waals surface area contributed by atoms with Gasteiger partial charge in [0.1, 0.15) is 11.4 Å². The first-order valence-electron chi connectivity index (χ1n) is 9.30. The van der Waals surface area contributed by atoms with Gasteiger partial charge in [-0.15, -0.1) is 0 Å². The molecule has 0 saturated heterocycles. The van der Waals surface area contributed by atoms with E-state index in [4.69, 9.17) is 23.2 Å². The van der Waals surface area contributed by atoms with Gasteiger partial charge in [-0.25, -0.2) is 0 Å². The normalized spacial score (nSPS) is 16.7. The Kier molecular flexibility index (Phi) is 5.15. The minimum Gasteiger partial charge on any atom is -0.373 e. The summed E-state index contributed by atoms with van der Waals surface area (Å²) < 4.78 is 0. The van der Waals surface area contributed by atoms with Gasteiger partial charge in [-0.3, -0.25) is 9.59 Å². The third-order valence-electron chi connectivity index (χ3n) is 5.38. The van der Waals surface area contributed by atoms with Gasteiger partial charge in [-0.05, 0) is 48.0 Å². The quantitative estimate of drug-likeness (QED) is 0.635. The number of hydrogen-bond acceptors (Lipinski definition) is 5. The van der Waals surface area contributed by atoms with Crippen LogP contribution in [0.1, 0.15) is 22.6 Å². The van der Waals surface area contributed by atoms with Crippen LogP contribution >= 0.6 is 23.2 Å². The predicted octanol–water partition coefficient (Wildman–Crippen LogP) is 3.98. The van der Waals surface area contributed by atoms with Crippen molar-refractivity contribution < 1.29 is 0 Å². The molecule has 0 bridgehead atoms. The maximum Gasteiger partial charge on any atom is 0.253 e. The summed E-state index contributed by atoms with van der Waals surface area (Å²) in [6, 6.07) is 11.7. The van der Waals surface area contributed by atoms with Crippen molar-refractivity contribution in [1.29, 1.82) is 0 Å². The van der Waals surface area contributed by atoms with Gasteiger partial charge in [-0.2, -0.15) is 0 Å². The lowest BCUT2D eigenvalue weighted by Gasteiger charge is -2.33. The van der Waals surface area contributed by atoms with E-state index < -0.39 is 10.9 Å². The Hall–Kier alpha value is -2.34. The topological polar surface area (TPSA) is 52.6 Å². The molecule has 0 spiro atoms. The highest BCUT2D eigenvalue weighted by Gasteiger charge is 2.28. The second-order valence-electron chi connectivity index (χ2n) is 7.73. The molecule has 1 atom stereocenters. The van der Waals surface area contributed by atoms with Crippen LogP contribution in [0.15, 0.2) is 46.0 Å². The molecule has 0 aromatic heterocycles. The number of nitrogens with zero attached hydrogens (tertiary/aromatic N) is 2. The maximum absolute atomic E-state index is 12.0. The average Bonchev–Trinajstić information content (AvgIpc) is 2.67. The fourth-order valence-corrected chi connectivity index (χ4v) is 4.60. The highest BCUT2D eigenvalue weighted by atomic mass is 35.5. The minimum atomic E-state index is -0.486. The molecule has 0 radical (unpaired) electrons. The van der Waals surface area contributed by atoms with Gasteiger partial charge in [0, 0.05) is 48.8 Å². The SMILES string of the molecule is CN1Cc2c(Cl)cc(Cl)cc2[C@H](c2cccc(Nc3c(N(C)C)c(=O)c3=O)c2)C1. The Morgan fingerprint density at radius 3 is 2.59 bits per heavy atom. The van der Waals surface area contributed by atoms with E-state index in [-0.39, 0.29) is 5.92 Å². The molecule has 5 nitrogen and oxygen atoms in total. The maximum atomic E-state index is 12.0. The van der Waals surface area contributed by atoms with E-state index in [0.29, 0.717) is 21.4 Å². The summed E-state index contributed by atoms with van der Waals surface area (Å²) in [7, 11) is 5.57. The molecule has 0 fully saturated rings. The molecule has 1 aliphatic heterocycles. The molecule has 0 saturated carbocycles. The third kappa shape index (κ3) is 3.54. The van der Waals surface area contributed by atoms with Gasteiger partial charge in [0.2, 0.25) is 0 Å². The molecule has 0 unspecified atom stereocenters. The Morgan fingerprint density at radius 1 is 1.10 bits per heavy atom. The summed E-state index contributed by atoms with van der Waals surface area (Å²) in [5, 5.41) is 4.43. The summed E-state index contributed by atoms with van der Waals surface area (Å²) >= 11 is 12.7. The second kappa shape index (κ2) is 7.48. The zero-order valence-electron chi connectivity index (χ0n) is 16.4. The summed E-state index contributed by atoms with van der Waals surface area (Å²) in [4.78, 5) is 27.7. The molecule has 1 N–H and O–H groups in total. The summed E-state index contributed by atoms with van der Waals surface area (Å²) in [6.45, 7) is 1.60. The Morgan fingerprint density at radius 2 is 1.86 bits per heavy atom. The number of halogens is 2. The summed E-state index contributed by atoms with van der Waals surface area (Å²) in [5.74, 6) is 0.0997. The van der Waals surface area contributed by atoms with Crippen molar-refractivity contribution in [2.75, 3.05) is 37.9 Å². The van der Waals surface area contributed by atoms with E-state index in [0.717, 1.165) is 35.5 Å². The molecular formula is C22H21Cl2N3O2. The largest absolute Gasteiger partial charge is 0.373 e. The zero-order valence-corrected chi connectivity index (χ0v) is 17.9. The number of hydrogen-bond donors (Lipinski definition) is 1. The number of fused-ring (bicyclic) bond motifs is 1. The van der Waals surface area contributed by atoms with Crippen LogP contribution < -0.4 is 21.1 Å². The van der Waals surface area contributed by atoms with Gasteiger partial charge >= 0.3 is 0 Å². The van der Waals surface area contributed by atoms with E-state index in [2.05, 4.69) is 23.3 Å². The highest BCUT2D eigenvalue weighted by molar-refractivity contribution is 6.35. The lowest BCUT2D eigenvalue weighted by molar-refractivity contribution is 0.295. The van der Waals surface area contributed by atoms with Crippen molar-refractivity contribution in [1.82, 2.24) is 4.90 Å². The molecule has 3 aromatic carbocycles. The van der Waals surface area contributed by atoms with Crippen LogP contribution in [0.4, 0.5) is 17.1 Å². The molecule has 0 amide bonds. The molecular weight excluding hydrogens is 409 g/mol. The Bertz CT molecular complexity index is 1170. The van der Waals surface area contributed by atoms with Crippen LogP contribution in [0.2, 0.25) is 10.0 Å². The first-order chi connectivity index (χ1) is 13.8. The van der Waals surface area contributed by atoms with Gasteiger partial charge in [0.05, 0.1) is 0 Å². The average molecular weight is 430 g/mol. The number of likely N-dealkylation sites (N-methyl/N-ethyl adjacent to an activating group) is 1. The van der Waals surface area contributed by atoms with Crippen LogP contribution in [0.3, 0.4) is 0 Å². The summed E-state index contributed by atoms with van der Waals surface area (Å²) in [6.07, 6.45) is 0. The van der Waals surface area contributed by atoms with Crippen LogP contribution in [0.25, 0.3) is 0 Å². The van der Waals surface area contributed by atoms with Crippen LogP contribution in [-0.2, 0) is 6.54 Å². The highest BCUT2D eigenvalue weighted by Crippen LogP contribution is 2.39. The molecule has 0 aliphatic carbocycles. The van der Waals surface area contributed by atoms with Crippen molar-refractivity contribution >= 4 is 40.3 Å². The van der Waals surface area contributed by atoms with Gasteiger partial charge in [0.25, 0.3) is 10.9 Å². The van der Waals surface area contributed by atoms with Crippen molar-refractivity contribution in [3.05, 3.63) is 83.6 Å². The Labute approximate surface area is 179 Å². The van der Waals surface area contributed by atoms with Crippen molar-refractivity contribution in [3.63, 3.8) is 0 Å². The van der Waals surface area contributed by atoms with Crippen LogP contribution in [0, 0.1) is 0 Å². The van der Waals surface area contributed by atoms with Crippen molar-refractivity contribution in [2.45, 2.75) is 12.5 Å². The van der Waals surface area contributed by atoms with E-state index >= 15 is 0 Å². The van der Waals surface area contributed by atoms with E-state index in [1.807, 2.05) is 24.3 Å². The molecule has 29 heavy (non-hydrogen) atoms. The fraction of sp³-hybridized carbons (Fsp3) is 0.273. The van der Waals surface area contributed by atoms with Crippen molar-refractivity contribution in [3.8, 4) is 0 Å². The van der Waals surface area contributed by atoms with Crippen LogP contribution in [0.5, 0.6) is 0 Å². The lowest BCUT2D eigenvalue weighted by atomic mass is 9.84. The number of anilines is 3. The lowest BCUT2D eigenvalue weighted by Crippen LogP contribution is -2.39. The van der Waals surface area contributed by atoms with Crippen molar-refractivity contribution in [2.24, 2.45) is 0 Å². The van der Waals surface area contributed by atoms with E-state index in [1.165, 1.54) is 0 Å². The third-order valence-corrected chi connectivity index (χ3v) is 5.94. The minimum absolute atomic E-state index is 0.0997. The Balaban J connectivity index is 1.72. The molecule has 4 rings (SSSR count). The van der Waals surface area contributed by atoms with Crippen LogP contribution in [-0.4, -0.2) is 32.6 Å². The van der Waals surface area contributed by atoms with Gasteiger partial charge in [-0.1, -0.05) is 35.3 Å². The molecule has 7 heteroatoms.